The molecule has 0 spiro atoms. The minimum absolute atomic E-state index is 0.152. The first-order valence-electron chi connectivity index (χ1n) is 12.1. The van der Waals surface area contributed by atoms with Crippen LogP contribution in [0.25, 0.3) is 0 Å². The van der Waals surface area contributed by atoms with E-state index in [0.29, 0.717) is 31.7 Å². The molecular formula is C28H23F9O. The van der Waals surface area contributed by atoms with Gasteiger partial charge >= 0.3 is 6.11 Å². The Labute approximate surface area is 213 Å². The normalized spacial score (nSPS) is 18.1. The van der Waals surface area contributed by atoms with E-state index >= 15 is 0 Å². The summed E-state index contributed by atoms with van der Waals surface area (Å²) in [4.78, 5) is 0. The lowest BCUT2D eigenvalue weighted by Crippen LogP contribution is -2.25. The highest BCUT2D eigenvalue weighted by Crippen LogP contribution is 2.44. The minimum atomic E-state index is -4.54. The molecule has 4 rings (SSSR count). The fraction of sp³-hybridized carbons (Fsp3) is 0.357. The molecule has 0 bridgehead atoms. The molecular weight excluding hydrogens is 523 g/mol. The largest absolute Gasteiger partial charge is 0.429 e. The van der Waals surface area contributed by atoms with Gasteiger partial charge in [-0.2, -0.15) is 8.78 Å². The number of hydrogen-bond acceptors (Lipinski definition) is 1. The molecule has 38 heavy (non-hydrogen) atoms. The van der Waals surface area contributed by atoms with E-state index in [1.165, 1.54) is 0 Å². The van der Waals surface area contributed by atoms with Gasteiger partial charge in [-0.3, -0.25) is 0 Å². The molecule has 0 unspecified atom stereocenters. The van der Waals surface area contributed by atoms with Crippen molar-refractivity contribution < 1.29 is 44.3 Å². The quantitative estimate of drug-likeness (QED) is 0.212. The molecule has 0 atom stereocenters. The lowest BCUT2D eigenvalue weighted by Gasteiger charge is -2.30. The van der Waals surface area contributed by atoms with Crippen molar-refractivity contribution in [2.75, 3.05) is 0 Å². The van der Waals surface area contributed by atoms with Crippen molar-refractivity contribution in [2.45, 2.75) is 63.4 Å². The van der Waals surface area contributed by atoms with Crippen molar-refractivity contribution in [3.63, 3.8) is 0 Å². The van der Waals surface area contributed by atoms with Crippen LogP contribution in [0.5, 0.6) is 5.75 Å². The summed E-state index contributed by atoms with van der Waals surface area (Å²) in [6.45, 7) is 1.85. The highest BCUT2D eigenvalue weighted by Gasteiger charge is 2.40. The number of alkyl halides is 2. The third kappa shape index (κ3) is 5.35. The summed E-state index contributed by atoms with van der Waals surface area (Å²) < 4.78 is 132. The monoisotopic (exact) mass is 546 g/mol. The summed E-state index contributed by atoms with van der Waals surface area (Å²) in [5, 5.41) is 0. The average molecular weight is 546 g/mol. The third-order valence-electron chi connectivity index (χ3n) is 6.95. The van der Waals surface area contributed by atoms with Crippen LogP contribution in [-0.2, 0) is 12.5 Å². The van der Waals surface area contributed by atoms with Crippen LogP contribution in [0.4, 0.5) is 39.5 Å². The first-order valence-corrected chi connectivity index (χ1v) is 12.1. The van der Waals surface area contributed by atoms with Crippen molar-refractivity contribution >= 4 is 0 Å². The highest BCUT2D eigenvalue weighted by molar-refractivity contribution is 5.34. The van der Waals surface area contributed by atoms with Crippen molar-refractivity contribution in [3.05, 3.63) is 99.4 Å². The van der Waals surface area contributed by atoms with Gasteiger partial charge in [0.05, 0.1) is 0 Å². The van der Waals surface area contributed by atoms with E-state index in [4.69, 9.17) is 0 Å². The second-order valence-electron chi connectivity index (χ2n) is 9.39. The molecule has 204 valence electrons. The minimum Gasteiger partial charge on any atom is -0.429 e. The molecule has 0 aromatic heterocycles. The number of halogens is 9. The van der Waals surface area contributed by atoms with Gasteiger partial charge in [0.15, 0.2) is 40.7 Å². The topological polar surface area (TPSA) is 9.23 Å². The van der Waals surface area contributed by atoms with Gasteiger partial charge in [-0.1, -0.05) is 31.5 Å². The Morgan fingerprint density at radius 2 is 1.18 bits per heavy atom. The molecule has 3 aromatic rings. The fourth-order valence-electron chi connectivity index (χ4n) is 5.00. The second-order valence-corrected chi connectivity index (χ2v) is 9.39. The molecule has 0 aliphatic heterocycles. The summed E-state index contributed by atoms with van der Waals surface area (Å²) in [6, 6.07) is 4.98. The van der Waals surface area contributed by atoms with Gasteiger partial charge in [-0.05, 0) is 66.7 Å². The molecule has 0 heterocycles. The van der Waals surface area contributed by atoms with Gasteiger partial charge in [0.2, 0.25) is 0 Å². The maximum absolute atomic E-state index is 14.9. The highest BCUT2D eigenvalue weighted by atomic mass is 19.3. The molecule has 1 saturated carbocycles. The number of hydrogen-bond donors (Lipinski definition) is 0. The van der Waals surface area contributed by atoms with Crippen LogP contribution in [0.3, 0.4) is 0 Å². The first kappa shape index (κ1) is 27.9. The van der Waals surface area contributed by atoms with E-state index in [2.05, 4.69) is 4.74 Å². The van der Waals surface area contributed by atoms with Gasteiger partial charge in [0.25, 0.3) is 0 Å². The van der Waals surface area contributed by atoms with Crippen LogP contribution < -0.4 is 4.74 Å². The molecule has 0 N–H and O–H groups in total. The summed E-state index contributed by atoms with van der Waals surface area (Å²) in [5.41, 5.74) is -1.17. The van der Waals surface area contributed by atoms with Crippen LogP contribution in [0.1, 0.15) is 73.1 Å². The smallest absolute Gasteiger partial charge is 0.429 e. The molecule has 0 amide bonds. The van der Waals surface area contributed by atoms with Crippen LogP contribution in [0.15, 0.2) is 36.4 Å². The van der Waals surface area contributed by atoms with E-state index in [0.717, 1.165) is 6.07 Å². The lowest BCUT2D eigenvalue weighted by atomic mass is 9.75. The zero-order chi connectivity index (χ0) is 27.8. The van der Waals surface area contributed by atoms with E-state index in [1.54, 1.807) is 12.1 Å². The molecule has 1 aliphatic rings. The molecule has 3 aromatic carbocycles. The SMILES string of the molecule is CCCc1ccc(C2CCC(c3ccc(C(F)(F)Oc4cc(F)c(F)c(F)c4)c(F)c3F)CC2)c(F)c1F. The number of rotatable bonds is 7. The summed E-state index contributed by atoms with van der Waals surface area (Å²) in [5.74, 6) is -12.8. The molecule has 1 nitrogen and oxygen atoms in total. The van der Waals surface area contributed by atoms with Gasteiger partial charge in [0.1, 0.15) is 11.3 Å². The van der Waals surface area contributed by atoms with Crippen molar-refractivity contribution in [2.24, 2.45) is 0 Å². The van der Waals surface area contributed by atoms with Crippen molar-refractivity contribution in [1.82, 2.24) is 0 Å². The van der Waals surface area contributed by atoms with Crippen LogP contribution >= 0.6 is 0 Å². The Hall–Kier alpha value is -3.17. The summed E-state index contributed by atoms with van der Waals surface area (Å²) >= 11 is 0. The van der Waals surface area contributed by atoms with E-state index in [-0.39, 0.29) is 47.6 Å². The second kappa shape index (κ2) is 10.9. The van der Waals surface area contributed by atoms with Crippen LogP contribution in [-0.4, -0.2) is 0 Å². The Morgan fingerprint density at radius 3 is 1.71 bits per heavy atom. The summed E-state index contributed by atoms with van der Waals surface area (Å²) in [7, 11) is 0. The zero-order valence-electron chi connectivity index (χ0n) is 20.2. The molecule has 0 saturated heterocycles. The Bertz CT molecular complexity index is 1310. The summed E-state index contributed by atoms with van der Waals surface area (Å²) in [6.07, 6.45) is -2.24. The predicted octanol–water partition coefficient (Wildman–Crippen LogP) is 9.18. The van der Waals surface area contributed by atoms with Gasteiger partial charge in [-0.15, -0.1) is 0 Å². The maximum Gasteiger partial charge on any atom is 0.429 e. The predicted molar refractivity (Wildman–Crippen MR) is 121 cm³/mol. The number of aryl methyl sites for hydroxylation is 1. The van der Waals surface area contributed by atoms with Crippen LogP contribution in [0.2, 0.25) is 0 Å². The lowest BCUT2D eigenvalue weighted by molar-refractivity contribution is -0.188. The number of ether oxygens (including phenoxy) is 1. The third-order valence-corrected chi connectivity index (χ3v) is 6.95. The van der Waals surface area contributed by atoms with Gasteiger partial charge in [-0.25, -0.2) is 30.7 Å². The Balaban J connectivity index is 1.50. The fourth-order valence-corrected chi connectivity index (χ4v) is 5.00. The van der Waals surface area contributed by atoms with E-state index in [9.17, 15) is 39.5 Å². The van der Waals surface area contributed by atoms with Crippen LogP contribution in [0, 0.1) is 40.7 Å². The van der Waals surface area contributed by atoms with Crippen molar-refractivity contribution in [1.29, 1.82) is 0 Å². The van der Waals surface area contributed by atoms with Gasteiger partial charge in [0, 0.05) is 12.1 Å². The first-order chi connectivity index (χ1) is 17.9. The molecule has 1 aliphatic carbocycles. The average Bonchev–Trinajstić information content (AvgIpc) is 2.87. The van der Waals surface area contributed by atoms with E-state index < -0.39 is 64.1 Å². The van der Waals surface area contributed by atoms with Gasteiger partial charge < -0.3 is 4.74 Å². The molecule has 0 radical (unpaired) electrons. The number of benzene rings is 3. The molecule has 10 heteroatoms. The standard InChI is InChI=1S/C28H23F9O/c1-2-3-16-8-9-18(24(32)23(16)31)14-4-6-15(7-5-14)19-10-11-20(26(34)25(19)33)28(36,37)38-17-12-21(29)27(35)22(30)13-17/h8-15H,2-7H2,1H3. The zero-order valence-corrected chi connectivity index (χ0v) is 20.2. The Kier molecular flexibility index (Phi) is 7.99. The molecule has 1 fully saturated rings. The van der Waals surface area contributed by atoms with E-state index in [1.807, 2.05) is 6.92 Å². The maximum atomic E-state index is 14.9. The Morgan fingerprint density at radius 1 is 0.684 bits per heavy atom. The van der Waals surface area contributed by atoms with Crippen molar-refractivity contribution in [3.8, 4) is 5.75 Å².